The molecule has 2 atom stereocenters. The minimum absolute atomic E-state index is 0.255. The van der Waals surface area contributed by atoms with Crippen molar-refractivity contribution in [1.82, 2.24) is 5.32 Å². The lowest BCUT2D eigenvalue weighted by Crippen LogP contribution is -2.35. The molecule has 0 amide bonds. The van der Waals surface area contributed by atoms with Crippen LogP contribution < -0.4 is 5.32 Å². The van der Waals surface area contributed by atoms with Gasteiger partial charge in [0.05, 0.1) is 12.7 Å². The molecule has 0 radical (unpaired) electrons. The smallest absolute Gasteiger partial charge is 0.147 e. The highest BCUT2D eigenvalue weighted by molar-refractivity contribution is 6.30. The molecule has 4 heteroatoms. The summed E-state index contributed by atoms with van der Waals surface area (Å²) in [6.07, 6.45) is 1.21. The third-order valence-electron chi connectivity index (χ3n) is 2.97. The van der Waals surface area contributed by atoms with Gasteiger partial charge in [0.25, 0.3) is 0 Å². The van der Waals surface area contributed by atoms with Gasteiger partial charge in [-0.1, -0.05) is 23.7 Å². The van der Waals surface area contributed by atoms with Crippen molar-refractivity contribution in [3.05, 3.63) is 34.9 Å². The normalized spacial score (nSPS) is 22.4. The van der Waals surface area contributed by atoms with Gasteiger partial charge < -0.3 is 14.8 Å². The average molecular weight is 256 g/mol. The predicted octanol–water partition coefficient (Wildman–Crippen LogP) is 2.75. The Morgan fingerprint density at radius 2 is 2.41 bits per heavy atom. The topological polar surface area (TPSA) is 30.5 Å². The Kier molecular flexibility index (Phi) is 4.80. The Morgan fingerprint density at radius 1 is 1.53 bits per heavy atom. The molecule has 0 saturated carbocycles. The standard InChI is InChI=1S/C13H18ClNO2/c1-10(11-3-2-4-12(14)7-11)15-8-13-5-6-16-9-17-13/h2-4,7,10,13,15H,5-6,8-9H2,1H3/t10-,13?/m0/s1. The molecule has 1 unspecified atom stereocenters. The van der Waals surface area contributed by atoms with Gasteiger partial charge in [-0.2, -0.15) is 0 Å². The molecule has 0 aliphatic carbocycles. The Bertz CT molecular complexity index is 353. The molecule has 1 saturated heterocycles. The second kappa shape index (κ2) is 6.36. The third-order valence-corrected chi connectivity index (χ3v) is 3.21. The van der Waals surface area contributed by atoms with E-state index >= 15 is 0 Å². The first-order valence-corrected chi connectivity index (χ1v) is 6.31. The fraction of sp³-hybridized carbons (Fsp3) is 0.538. The molecular weight excluding hydrogens is 238 g/mol. The zero-order valence-electron chi connectivity index (χ0n) is 9.99. The average Bonchev–Trinajstić information content (AvgIpc) is 2.37. The fourth-order valence-corrected chi connectivity index (χ4v) is 2.06. The molecular formula is C13H18ClNO2. The van der Waals surface area contributed by atoms with Crippen LogP contribution in [0.3, 0.4) is 0 Å². The molecule has 1 fully saturated rings. The summed E-state index contributed by atoms with van der Waals surface area (Å²) in [5.74, 6) is 0. The summed E-state index contributed by atoms with van der Waals surface area (Å²) >= 11 is 5.97. The number of benzene rings is 1. The van der Waals surface area contributed by atoms with Crippen LogP contribution in [-0.4, -0.2) is 26.0 Å². The van der Waals surface area contributed by atoms with E-state index in [0.29, 0.717) is 6.79 Å². The highest BCUT2D eigenvalue weighted by atomic mass is 35.5. The first-order valence-electron chi connectivity index (χ1n) is 5.94. The lowest BCUT2D eigenvalue weighted by Gasteiger charge is -2.25. The number of halogens is 1. The van der Waals surface area contributed by atoms with Crippen LogP contribution in [0.5, 0.6) is 0 Å². The fourth-order valence-electron chi connectivity index (χ4n) is 1.86. The summed E-state index contributed by atoms with van der Waals surface area (Å²) in [4.78, 5) is 0. The summed E-state index contributed by atoms with van der Waals surface area (Å²) in [6.45, 7) is 4.18. The predicted molar refractivity (Wildman–Crippen MR) is 68.2 cm³/mol. The monoisotopic (exact) mass is 255 g/mol. The molecule has 1 aliphatic heterocycles. The molecule has 1 aromatic rings. The second-order valence-electron chi connectivity index (χ2n) is 4.29. The first-order chi connectivity index (χ1) is 8.25. The molecule has 1 aliphatic rings. The summed E-state index contributed by atoms with van der Waals surface area (Å²) in [7, 11) is 0. The van der Waals surface area contributed by atoms with Crippen molar-refractivity contribution in [3.63, 3.8) is 0 Å². The van der Waals surface area contributed by atoms with E-state index < -0.39 is 0 Å². The maximum Gasteiger partial charge on any atom is 0.147 e. The van der Waals surface area contributed by atoms with E-state index in [-0.39, 0.29) is 12.1 Å². The number of hydrogen-bond acceptors (Lipinski definition) is 3. The molecule has 1 aromatic carbocycles. The van der Waals surface area contributed by atoms with Crippen molar-refractivity contribution >= 4 is 11.6 Å². The van der Waals surface area contributed by atoms with Gasteiger partial charge in [0.2, 0.25) is 0 Å². The van der Waals surface area contributed by atoms with Crippen molar-refractivity contribution in [2.45, 2.75) is 25.5 Å². The highest BCUT2D eigenvalue weighted by Crippen LogP contribution is 2.17. The molecule has 1 heterocycles. The van der Waals surface area contributed by atoms with E-state index in [4.69, 9.17) is 21.1 Å². The van der Waals surface area contributed by atoms with Crippen LogP contribution in [0.2, 0.25) is 5.02 Å². The summed E-state index contributed by atoms with van der Waals surface area (Å²) in [5.41, 5.74) is 1.20. The van der Waals surface area contributed by atoms with Crippen LogP contribution in [-0.2, 0) is 9.47 Å². The Morgan fingerprint density at radius 3 is 3.12 bits per heavy atom. The van der Waals surface area contributed by atoms with Crippen LogP contribution >= 0.6 is 11.6 Å². The Labute approximate surface area is 107 Å². The molecule has 1 N–H and O–H groups in total. The van der Waals surface area contributed by atoms with Gasteiger partial charge in [-0.25, -0.2) is 0 Å². The zero-order valence-corrected chi connectivity index (χ0v) is 10.7. The van der Waals surface area contributed by atoms with Gasteiger partial charge in [-0.3, -0.25) is 0 Å². The maximum atomic E-state index is 5.97. The van der Waals surface area contributed by atoms with Crippen molar-refractivity contribution in [2.24, 2.45) is 0 Å². The quantitative estimate of drug-likeness (QED) is 0.898. The zero-order chi connectivity index (χ0) is 12.1. The van der Waals surface area contributed by atoms with Crippen LogP contribution in [0.25, 0.3) is 0 Å². The molecule has 3 nitrogen and oxygen atoms in total. The van der Waals surface area contributed by atoms with E-state index in [2.05, 4.69) is 18.3 Å². The van der Waals surface area contributed by atoms with Crippen LogP contribution in [0.1, 0.15) is 24.9 Å². The van der Waals surface area contributed by atoms with Gasteiger partial charge >= 0.3 is 0 Å². The van der Waals surface area contributed by atoms with Gasteiger partial charge in [0, 0.05) is 17.6 Å². The van der Waals surface area contributed by atoms with E-state index in [1.165, 1.54) is 5.56 Å². The molecule has 17 heavy (non-hydrogen) atoms. The van der Waals surface area contributed by atoms with Crippen LogP contribution in [0.4, 0.5) is 0 Å². The van der Waals surface area contributed by atoms with Crippen molar-refractivity contribution in [1.29, 1.82) is 0 Å². The van der Waals surface area contributed by atoms with E-state index in [0.717, 1.165) is 24.6 Å². The van der Waals surface area contributed by atoms with E-state index in [9.17, 15) is 0 Å². The molecule has 0 aromatic heterocycles. The Balaban J connectivity index is 1.82. The van der Waals surface area contributed by atoms with Crippen LogP contribution in [0.15, 0.2) is 24.3 Å². The van der Waals surface area contributed by atoms with Gasteiger partial charge in [0.1, 0.15) is 6.79 Å². The number of nitrogens with one attached hydrogen (secondary N) is 1. The van der Waals surface area contributed by atoms with Crippen molar-refractivity contribution in [2.75, 3.05) is 19.9 Å². The molecule has 0 bridgehead atoms. The number of rotatable bonds is 4. The maximum absolute atomic E-state index is 5.97. The number of hydrogen-bond donors (Lipinski definition) is 1. The minimum atomic E-state index is 0.255. The van der Waals surface area contributed by atoms with Crippen LogP contribution in [0, 0.1) is 0 Å². The largest absolute Gasteiger partial charge is 0.355 e. The molecule has 2 rings (SSSR count). The highest BCUT2D eigenvalue weighted by Gasteiger charge is 2.15. The number of ether oxygens (including phenoxy) is 2. The van der Waals surface area contributed by atoms with Gasteiger partial charge in [0.15, 0.2) is 0 Å². The third kappa shape index (κ3) is 3.96. The molecule has 0 spiro atoms. The Hall–Kier alpha value is -0.610. The minimum Gasteiger partial charge on any atom is -0.355 e. The van der Waals surface area contributed by atoms with Gasteiger partial charge in [-0.15, -0.1) is 0 Å². The van der Waals surface area contributed by atoms with Gasteiger partial charge in [-0.05, 0) is 31.0 Å². The lowest BCUT2D eigenvalue weighted by atomic mass is 10.1. The van der Waals surface area contributed by atoms with Crippen molar-refractivity contribution < 1.29 is 9.47 Å². The summed E-state index contributed by atoms with van der Waals surface area (Å²) in [6, 6.07) is 8.21. The summed E-state index contributed by atoms with van der Waals surface area (Å²) in [5, 5.41) is 4.23. The second-order valence-corrected chi connectivity index (χ2v) is 4.72. The van der Waals surface area contributed by atoms with E-state index in [1.54, 1.807) is 0 Å². The van der Waals surface area contributed by atoms with E-state index in [1.807, 2.05) is 18.2 Å². The summed E-state index contributed by atoms with van der Waals surface area (Å²) < 4.78 is 10.6. The van der Waals surface area contributed by atoms with Crippen molar-refractivity contribution in [3.8, 4) is 0 Å². The lowest BCUT2D eigenvalue weighted by molar-refractivity contribution is -0.137. The SMILES string of the molecule is C[C@H](NCC1CCOCO1)c1cccc(Cl)c1. The molecule has 94 valence electrons. The first kappa shape index (κ1) is 12.8.